The molecule has 1 N–H and O–H groups in total. The molecule has 1 aliphatic rings. The lowest BCUT2D eigenvalue weighted by Crippen LogP contribution is -2.40. The first-order valence-electron chi connectivity index (χ1n) is 8.45. The summed E-state index contributed by atoms with van der Waals surface area (Å²) in [4.78, 5) is 23.6. The third-order valence-electron chi connectivity index (χ3n) is 4.43. The largest absolute Gasteiger partial charge is 0.338 e. The second-order valence-corrected chi connectivity index (χ2v) is 6.86. The number of nitrogens with one attached hydrogen (secondary N) is 1. The zero-order valence-corrected chi connectivity index (χ0v) is 15.5. The third kappa shape index (κ3) is 4.05. The van der Waals surface area contributed by atoms with Crippen LogP contribution in [0.5, 0.6) is 0 Å². The molecule has 132 valence electrons. The van der Waals surface area contributed by atoms with Crippen LogP contribution in [0, 0.1) is 0 Å². The number of carbonyl (C=O) groups excluding carboxylic acids is 1. The highest BCUT2D eigenvalue weighted by Gasteiger charge is 2.24. The third-order valence-corrected chi connectivity index (χ3v) is 5.06. The Morgan fingerprint density at radius 2 is 2.04 bits per heavy atom. The maximum Gasteiger partial charge on any atom is 0.274 e. The molecule has 25 heavy (non-hydrogen) atoms. The van der Waals surface area contributed by atoms with Crippen molar-refractivity contribution in [2.24, 2.45) is 0 Å². The van der Waals surface area contributed by atoms with Gasteiger partial charge in [0.15, 0.2) is 0 Å². The number of hydrogen-bond acceptors (Lipinski definition) is 4. The van der Waals surface area contributed by atoms with Gasteiger partial charge in [-0.25, -0.2) is 9.97 Å². The van der Waals surface area contributed by atoms with Crippen LogP contribution in [0.2, 0.25) is 10.0 Å². The van der Waals surface area contributed by atoms with Crippen LogP contribution in [0.4, 0.5) is 11.6 Å². The van der Waals surface area contributed by atoms with E-state index in [-0.39, 0.29) is 5.91 Å². The van der Waals surface area contributed by atoms with Gasteiger partial charge in [0.05, 0.1) is 15.7 Å². The fourth-order valence-electron chi connectivity index (χ4n) is 3.10. The number of hydrogen-bond donors (Lipinski definition) is 1. The summed E-state index contributed by atoms with van der Waals surface area (Å²) < 4.78 is 0. The monoisotopic (exact) mass is 378 g/mol. The van der Waals surface area contributed by atoms with Crippen LogP contribution in [-0.2, 0) is 0 Å². The van der Waals surface area contributed by atoms with E-state index in [9.17, 15) is 4.79 Å². The quantitative estimate of drug-likeness (QED) is 0.829. The molecule has 1 saturated heterocycles. The lowest BCUT2D eigenvalue weighted by molar-refractivity contribution is 0.102. The van der Waals surface area contributed by atoms with E-state index in [2.05, 4.69) is 27.1 Å². The van der Waals surface area contributed by atoms with Crippen LogP contribution in [0.1, 0.15) is 43.1 Å². The Bertz CT molecular complexity index is 748. The molecule has 0 spiro atoms. The van der Waals surface area contributed by atoms with E-state index in [1.165, 1.54) is 6.42 Å². The Morgan fingerprint density at radius 3 is 2.76 bits per heavy atom. The van der Waals surface area contributed by atoms with Crippen molar-refractivity contribution < 1.29 is 4.79 Å². The molecule has 2 heterocycles. The average Bonchev–Trinajstić information content (AvgIpc) is 2.64. The standard InChI is InChI=1S/C18H20Cl2N4O/c1-2-12-6-3-4-11-24(12)18-21-10-9-15(22-18)17(25)23-16-13(19)7-5-8-14(16)20/h5,7-10,12H,2-4,6,11H2,1H3,(H,23,25). The molecular weight excluding hydrogens is 359 g/mol. The molecule has 1 amide bonds. The van der Waals surface area contributed by atoms with Gasteiger partial charge in [-0.15, -0.1) is 0 Å². The number of halogens is 2. The summed E-state index contributed by atoms with van der Waals surface area (Å²) in [5, 5.41) is 3.51. The van der Waals surface area contributed by atoms with Gasteiger partial charge in [-0.3, -0.25) is 4.79 Å². The number of aromatic nitrogens is 2. The number of anilines is 2. The van der Waals surface area contributed by atoms with Gasteiger partial charge in [0, 0.05) is 18.8 Å². The maximum absolute atomic E-state index is 12.6. The van der Waals surface area contributed by atoms with Gasteiger partial charge in [0.1, 0.15) is 5.69 Å². The highest BCUT2D eigenvalue weighted by molar-refractivity contribution is 6.39. The van der Waals surface area contributed by atoms with E-state index in [1.54, 1.807) is 30.5 Å². The van der Waals surface area contributed by atoms with E-state index in [1.807, 2.05) is 0 Å². The average molecular weight is 379 g/mol. The summed E-state index contributed by atoms with van der Waals surface area (Å²) in [6, 6.07) is 7.09. The molecular formula is C18H20Cl2N4O. The van der Waals surface area contributed by atoms with Crippen molar-refractivity contribution in [1.82, 2.24) is 9.97 Å². The van der Waals surface area contributed by atoms with Gasteiger partial charge >= 0.3 is 0 Å². The molecule has 1 aromatic carbocycles. The topological polar surface area (TPSA) is 58.1 Å². The van der Waals surface area contributed by atoms with Gasteiger partial charge in [-0.2, -0.15) is 0 Å². The maximum atomic E-state index is 12.6. The van der Waals surface area contributed by atoms with E-state index in [0.29, 0.717) is 33.4 Å². The van der Waals surface area contributed by atoms with Crippen molar-refractivity contribution in [2.75, 3.05) is 16.8 Å². The number of rotatable bonds is 4. The van der Waals surface area contributed by atoms with E-state index in [4.69, 9.17) is 23.2 Å². The summed E-state index contributed by atoms with van der Waals surface area (Å²) in [7, 11) is 0. The lowest BCUT2D eigenvalue weighted by atomic mass is 10.0. The summed E-state index contributed by atoms with van der Waals surface area (Å²) in [5.41, 5.74) is 0.682. The Morgan fingerprint density at radius 1 is 1.28 bits per heavy atom. The molecule has 1 aromatic heterocycles. The predicted octanol–water partition coefficient (Wildman–Crippen LogP) is 4.80. The number of para-hydroxylation sites is 1. The highest BCUT2D eigenvalue weighted by Crippen LogP contribution is 2.30. The molecule has 0 saturated carbocycles. The Kier molecular flexibility index (Phi) is 5.76. The molecule has 0 aliphatic carbocycles. The zero-order chi connectivity index (χ0) is 17.8. The minimum absolute atomic E-state index is 0.293. The lowest BCUT2D eigenvalue weighted by Gasteiger charge is -2.35. The number of piperidine rings is 1. The fourth-order valence-corrected chi connectivity index (χ4v) is 3.59. The first kappa shape index (κ1) is 18.0. The normalized spacial score (nSPS) is 17.4. The predicted molar refractivity (Wildman–Crippen MR) is 102 cm³/mol. The summed E-state index contributed by atoms with van der Waals surface area (Å²) in [5.74, 6) is 0.244. The number of carbonyl (C=O) groups is 1. The van der Waals surface area contributed by atoms with Crippen molar-refractivity contribution in [3.63, 3.8) is 0 Å². The Labute approximate surface area is 157 Å². The molecule has 5 nitrogen and oxygen atoms in total. The van der Waals surface area contributed by atoms with Crippen molar-refractivity contribution in [1.29, 1.82) is 0 Å². The van der Waals surface area contributed by atoms with E-state index in [0.717, 1.165) is 25.8 Å². The van der Waals surface area contributed by atoms with Crippen molar-refractivity contribution in [2.45, 2.75) is 38.6 Å². The Balaban J connectivity index is 1.82. The Hall–Kier alpha value is -1.85. The number of amides is 1. The molecule has 0 radical (unpaired) electrons. The van der Waals surface area contributed by atoms with Crippen LogP contribution in [-0.4, -0.2) is 28.5 Å². The van der Waals surface area contributed by atoms with Crippen molar-refractivity contribution >= 4 is 40.7 Å². The smallest absolute Gasteiger partial charge is 0.274 e. The molecule has 1 aliphatic heterocycles. The van der Waals surface area contributed by atoms with E-state index < -0.39 is 0 Å². The number of nitrogens with zero attached hydrogens (tertiary/aromatic N) is 3. The van der Waals surface area contributed by atoms with Crippen molar-refractivity contribution in [3.05, 3.63) is 46.2 Å². The van der Waals surface area contributed by atoms with Crippen LogP contribution in [0.3, 0.4) is 0 Å². The van der Waals surface area contributed by atoms with Gasteiger partial charge < -0.3 is 10.2 Å². The van der Waals surface area contributed by atoms with Gasteiger partial charge in [-0.05, 0) is 43.9 Å². The highest BCUT2D eigenvalue weighted by atomic mass is 35.5. The van der Waals surface area contributed by atoms with Crippen LogP contribution < -0.4 is 10.2 Å². The van der Waals surface area contributed by atoms with Gasteiger partial charge in [0.2, 0.25) is 5.95 Å². The van der Waals surface area contributed by atoms with Crippen molar-refractivity contribution in [3.8, 4) is 0 Å². The molecule has 1 fully saturated rings. The fraction of sp³-hybridized carbons (Fsp3) is 0.389. The van der Waals surface area contributed by atoms with Gasteiger partial charge in [-0.1, -0.05) is 36.2 Å². The molecule has 3 rings (SSSR count). The molecule has 1 unspecified atom stereocenters. The second kappa shape index (κ2) is 8.02. The van der Waals surface area contributed by atoms with Crippen LogP contribution in [0.25, 0.3) is 0 Å². The molecule has 2 aromatic rings. The second-order valence-electron chi connectivity index (χ2n) is 6.04. The summed E-state index contributed by atoms with van der Waals surface area (Å²) in [6.07, 6.45) is 6.12. The summed E-state index contributed by atoms with van der Waals surface area (Å²) in [6.45, 7) is 3.08. The van der Waals surface area contributed by atoms with Crippen LogP contribution in [0.15, 0.2) is 30.5 Å². The minimum Gasteiger partial charge on any atom is -0.338 e. The first-order chi connectivity index (χ1) is 12.1. The van der Waals surface area contributed by atoms with Crippen LogP contribution >= 0.6 is 23.2 Å². The first-order valence-corrected chi connectivity index (χ1v) is 9.20. The minimum atomic E-state index is -0.358. The van der Waals surface area contributed by atoms with E-state index >= 15 is 0 Å². The number of benzene rings is 1. The molecule has 7 heteroatoms. The summed E-state index contributed by atoms with van der Waals surface area (Å²) >= 11 is 12.2. The SMILES string of the molecule is CCC1CCCCN1c1nccc(C(=O)Nc2c(Cl)cccc2Cl)n1. The van der Waals surface area contributed by atoms with Gasteiger partial charge in [0.25, 0.3) is 5.91 Å². The zero-order valence-electron chi connectivity index (χ0n) is 14.0. The molecule has 0 bridgehead atoms. The molecule has 1 atom stereocenters.